The van der Waals surface area contributed by atoms with E-state index in [9.17, 15) is 0 Å². The van der Waals surface area contributed by atoms with Crippen LogP contribution in [-0.2, 0) is 4.74 Å². The van der Waals surface area contributed by atoms with Gasteiger partial charge in [0.15, 0.2) is 0 Å². The van der Waals surface area contributed by atoms with Crippen molar-refractivity contribution < 1.29 is 4.74 Å². The zero-order valence-electron chi connectivity index (χ0n) is 9.15. The van der Waals surface area contributed by atoms with Gasteiger partial charge in [-0.2, -0.15) is 0 Å². The van der Waals surface area contributed by atoms with Gasteiger partial charge in [-0.05, 0) is 19.8 Å². The van der Waals surface area contributed by atoms with Gasteiger partial charge in [0, 0.05) is 7.11 Å². The Morgan fingerprint density at radius 1 is 1.00 bits per heavy atom. The molecule has 0 aromatic rings. The lowest BCUT2D eigenvalue weighted by molar-refractivity contribution is -0.0114. The van der Waals surface area contributed by atoms with Crippen LogP contribution < -0.4 is 0 Å². The van der Waals surface area contributed by atoms with Gasteiger partial charge in [-0.3, -0.25) is 0 Å². The number of unbranched alkanes of at least 4 members (excludes halogenated alkanes) is 2. The summed E-state index contributed by atoms with van der Waals surface area (Å²) in [5.41, 5.74) is 0.145. The average molecular weight is 172 g/mol. The van der Waals surface area contributed by atoms with Crippen molar-refractivity contribution in [3.05, 3.63) is 0 Å². The zero-order valence-corrected chi connectivity index (χ0v) is 9.15. The number of hydrogen-bond acceptors (Lipinski definition) is 1. The Kier molecular flexibility index (Phi) is 6.45. The first kappa shape index (κ1) is 12.0. The Morgan fingerprint density at radius 2 is 1.42 bits per heavy atom. The van der Waals surface area contributed by atoms with Gasteiger partial charge >= 0.3 is 0 Å². The molecule has 0 aliphatic rings. The third kappa shape index (κ3) is 4.76. The van der Waals surface area contributed by atoms with Crippen LogP contribution in [-0.4, -0.2) is 12.7 Å². The van der Waals surface area contributed by atoms with Crippen LogP contribution in [0.3, 0.4) is 0 Å². The Bertz CT molecular complexity index is 91.2. The molecule has 0 rings (SSSR count). The first-order valence-electron chi connectivity index (χ1n) is 5.23. The average Bonchev–Trinajstić information content (AvgIpc) is 2.11. The molecule has 0 heterocycles. The maximum atomic E-state index is 5.54. The first-order valence-corrected chi connectivity index (χ1v) is 5.23. The second kappa shape index (κ2) is 6.47. The van der Waals surface area contributed by atoms with Crippen LogP contribution in [0.2, 0.25) is 0 Å². The van der Waals surface area contributed by atoms with E-state index in [0.29, 0.717) is 0 Å². The molecule has 1 heteroatoms. The van der Waals surface area contributed by atoms with E-state index in [2.05, 4.69) is 20.8 Å². The topological polar surface area (TPSA) is 9.23 Å². The smallest absolute Gasteiger partial charge is 0.0650 e. The molecule has 74 valence electrons. The van der Waals surface area contributed by atoms with Crippen molar-refractivity contribution in [1.82, 2.24) is 0 Å². The molecule has 0 aromatic heterocycles. The fourth-order valence-electron chi connectivity index (χ4n) is 1.43. The van der Waals surface area contributed by atoms with E-state index in [0.717, 1.165) is 0 Å². The van der Waals surface area contributed by atoms with Gasteiger partial charge in [0.2, 0.25) is 0 Å². The van der Waals surface area contributed by atoms with Crippen LogP contribution in [0.15, 0.2) is 0 Å². The van der Waals surface area contributed by atoms with Crippen LogP contribution in [0.5, 0.6) is 0 Å². The number of hydrogen-bond donors (Lipinski definition) is 0. The third-order valence-corrected chi connectivity index (χ3v) is 2.61. The molecule has 0 unspecified atom stereocenters. The largest absolute Gasteiger partial charge is 0.379 e. The lowest BCUT2D eigenvalue weighted by Crippen LogP contribution is -2.26. The van der Waals surface area contributed by atoms with Crippen LogP contribution in [0.4, 0.5) is 0 Å². The minimum atomic E-state index is 0.145. The number of methoxy groups -OCH3 is 1. The summed E-state index contributed by atoms with van der Waals surface area (Å²) in [7, 11) is 1.84. The highest BCUT2D eigenvalue weighted by Crippen LogP contribution is 2.24. The second-order valence-corrected chi connectivity index (χ2v) is 3.86. The molecule has 0 aliphatic heterocycles. The van der Waals surface area contributed by atoms with Crippen LogP contribution in [0.1, 0.15) is 59.3 Å². The molecule has 0 aromatic carbocycles. The van der Waals surface area contributed by atoms with E-state index in [1.807, 2.05) is 7.11 Å². The van der Waals surface area contributed by atoms with Crippen LogP contribution in [0, 0.1) is 0 Å². The molecule has 0 radical (unpaired) electrons. The Hall–Kier alpha value is -0.0400. The van der Waals surface area contributed by atoms with Crippen molar-refractivity contribution in [1.29, 1.82) is 0 Å². The Morgan fingerprint density at radius 3 is 1.67 bits per heavy atom. The van der Waals surface area contributed by atoms with E-state index in [1.54, 1.807) is 0 Å². The maximum absolute atomic E-state index is 5.54. The Labute approximate surface area is 77.5 Å². The monoisotopic (exact) mass is 172 g/mol. The van der Waals surface area contributed by atoms with Crippen molar-refractivity contribution >= 4 is 0 Å². The van der Waals surface area contributed by atoms with E-state index >= 15 is 0 Å². The molecule has 0 fully saturated rings. The van der Waals surface area contributed by atoms with Crippen molar-refractivity contribution in [3.63, 3.8) is 0 Å². The van der Waals surface area contributed by atoms with E-state index < -0.39 is 0 Å². The molecule has 0 spiro atoms. The number of ether oxygens (including phenoxy) is 1. The van der Waals surface area contributed by atoms with E-state index in [4.69, 9.17) is 4.74 Å². The summed E-state index contributed by atoms with van der Waals surface area (Å²) < 4.78 is 5.54. The molecule has 0 bridgehead atoms. The summed E-state index contributed by atoms with van der Waals surface area (Å²) in [5, 5.41) is 0. The van der Waals surface area contributed by atoms with Gasteiger partial charge < -0.3 is 4.74 Å². The lowest BCUT2D eigenvalue weighted by Gasteiger charge is -2.27. The summed E-state index contributed by atoms with van der Waals surface area (Å²) >= 11 is 0. The van der Waals surface area contributed by atoms with Gasteiger partial charge in [-0.15, -0.1) is 0 Å². The molecule has 0 aliphatic carbocycles. The highest BCUT2D eigenvalue weighted by molar-refractivity contribution is 4.73. The van der Waals surface area contributed by atoms with E-state index in [-0.39, 0.29) is 5.60 Å². The predicted molar refractivity (Wildman–Crippen MR) is 54.5 cm³/mol. The highest BCUT2D eigenvalue weighted by atomic mass is 16.5. The summed E-state index contributed by atoms with van der Waals surface area (Å²) in [4.78, 5) is 0. The van der Waals surface area contributed by atoms with Crippen LogP contribution >= 0.6 is 0 Å². The van der Waals surface area contributed by atoms with E-state index in [1.165, 1.54) is 38.5 Å². The second-order valence-electron chi connectivity index (χ2n) is 3.86. The zero-order chi connectivity index (χ0) is 9.45. The fraction of sp³-hybridized carbons (Fsp3) is 1.00. The molecule has 0 atom stereocenters. The molecule has 12 heavy (non-hydrogen) atoms. The van der Waals surface area contributed by atoms with Crippen LogP contribution in [0.25, 0.3) is 0 Å². The summed E-state index contributed by atoms with van der Waals surface area (Å²) in [6.45, 7) is 6.70. The molecule has 0 N–H and O–H groups in total. The standard InChI is InChI=1S/C11H24O/c1-5-7-9-11(3,12-4)10-8-6-2/h5-10H2,1-4H3. The van der Waals surface area contributed by atoms with Gasteiger partial charge in [-0.1, -0.05) is 39.5 Å². The van der Waals surface area contributed by atoms with Crippen molar-refractivity contribution in [2.75, 3.05) is 7.11 Å². The summed E-state index contributed by atoms with van der Waals surface area (Å²) in [6.07, 6.45) is 7.53. The van der Waals surface area contributed by atoms with Gasteiger partial charge in [0.1, 0.15) is 0 Å². The minimum Gasteiger partial charge on any atom is -0.379 e. The van der Waals surface area contributed by atoms with Crippen molar-refractivity contribution in [3.8, 4) is 0 Å². The molecular formula is C11H24O. The number of rotatable bonds is 7. The van der Waals surface area contributed by atoms with Gasteiger partial charge in [0.05, 0.1) is 5.60 Å². The molecule has 0 saturated carbocycles. The maximum Gasteiger partial charge on any atom is 0.0650 e. The Balaban J connectivity index is 3.70. The van der Waals surface area contributed by atoms with Gasteiger partial charge in [0.25, 0.3) is 0 Å². The minimum absolute atomic E-state index is 0.145. The normalized spacial score (nSPS) is 12.0. The van der Waals surface area contributed by atoms with Crippen molar-refractivity contribution in [2.45, 2.75) is 64.9 Å². The SMILES string of the molecule is CCCCC(C)(CCCC)OC. The predicted octanol–water partition coefficient (Wildman–Crippen LogP) is 3.77. The highest BCUT2D eigenvalue weighted by Gasteiger charge is 2.21. The molecule has 0 amide bonds. The fourth-order valence-corrected chi connectivity index (χ4v) is 1.43. The lowest BCUT2D eigenvalue weighted by atomic mass is 9.93. The summed E-state index contributed by atoms with van der Waals surface area (Å²) in [6, 6.07) is 0. The quantitative estimate of drug-likeness (QED) is 0.568. The molecule has 0 saturated heterocycles. The van der Waals surface area contributed by atoms with Gasteiger partial charge in [-0.25, -0.2) is 0 Å². The molecule has 1 nitrogen and oxygen atoms in total. The van der Waals surface area contributed by atoms with Crippen molar-refractivity contribution in [2.24, 2.45) is 0 Å². The first-order chi connectivity index (χ1) is 5.68. The summed E-state index contributed by atoms with van der Waals surface area (Å²) in [5.74, 6) is 0. The molecular weight excluding hydrogens is 148 g/mol. The third-order valence-electron chi connectivity index (χ3n) is 2.61.